The smallest absolute Gasteiger partial charge is 0.338 e. The number of hydrogen-bond acceptors (Lipinski definition) is 6. The van der Waals surface area contributed by atoms with Crippen molar-refractivity contribution in [1.29, 1.82) is 0 Å². The van der Waals surface area contributed by atoms with Crippen LogP contribution in [0.4, 0.5) is 0 Å². The molecule has 0 aliphatic heterocycles. The molecule has 0 saturated carbocycles. The zero-order valence-electron chi connectivity index (χ0n) is 18.1. The van der Waals surface area contributed by atoms with Crippen LogP contribution in [0.5, 0.6) is 0 Å². The molecule has 8 nitrogen and oxygen atoms in total. The van der Waals surface area contributed by atoms with Crippen LogP contribution >= 0.6 is 0 Å². The summed E-state index contributed by atoms with van der Waals surface area (Å²) in [6, 6.07) is 24.1. The first-order valence-corrected chi connectivity index (χ1v) is 11.4. The third-order valence-corrected chi connectivity index (χ3v) is 6.38. The van der Waals surface area contributed by atoms with E-state index in [-0.39, 0.29) is 10.5 Å². The Balaban J connectivity index is 1.68. The van der Waals surface area contributed by atoms with Gasteiger partial charge in [-0.3, -0.25) is 4.79 Å². The molecule has 0 radical (unpaired) electrons. The van der Waals surface area contributed by atoms with Crippen molar-refractivity contribution in [2.24, 2.45) is 5.10 Å². The summed E-state index contributed by atoms with van der Waals surface area (Å²) in [4.78, 5) is 24.5. The second kappa shape index (κ2) is 10.7. The summed E-state index contributed by atoms with van der Waals surface area (Å²) in [7, 11) is -0.920. The molecule has 0 bridgehead atoms. The number of hydrogen-bond donors (Lipinski definition) is 1. The Morgan fingerprint density at radius 1 is 0.848 bits per heavy atom. The molecule has 0 aliphatic rings. The van der Waals surface area contributed by atoms with E-state index >= 15 is 0 Å². The number of rotatable bonds is 8. The predicted octanol–water partition coefficient (Wildman–Crippen LogP) is 2.66. The molecule has 0 heterocycles. The first-order chi connectivity index (χ1) is 15.8. The Hall–Kier alpha value is -3.82. The Morgan fingerprint density at radius 3 is 1.94 bits per heavy atom. The number of esters is 1. The van der Waals surface area contributed by atoms with Crippen LogP contribution in [0, 0.1) is 0 Å². The summed E-state index contributed by atoms with van der Waals surface area (Å²) < 4.78 is 30.6. The molecule has 1 N–H and O–H groups in total. The van der Waals surface area contributed by atoms with E-state index in [2.05, 4.69) is 10.5 Å². The number of sulfonamides is 1. The van der Waals surface area contributed by atoms with Crippen LogP contribution in [-0.4, -0.2) is 51.0 Å². The lowest BCUT2D eigenvalue weighted by molar-refractivity contribution is -0.124. The average molecular weight is 466 g/mol. The van der Waals surface area contributed by atoms with E-state index in [0.29, 0.717) is 5.71 Å². The first-order valence-electron chi connectivity index (χ1n) is 9.96. The number of benzene rings is 3. The van der Waals surface area contributed by atoms with E-state index in [1.165, 1.54) is 38.4 Å². The van der Waals surface area contributed by atoms with Crippen LogP contribution in [0.15, 0.2) is 94.9 Å². The fraction of sp³-hybridized carbons (Fsp3) is 0.125. The van der Waals surface area contributed by atoms with Crippen LogP contribution in [0.1, 0.15) is 21.5 Å². The van der Waals surface area contributed by atoms with Gasteiger partial charge in [-0.05, 0) is 18.2 Å². The molecule has 0 aromatic heterocycles. The summed E-state index contributed by atoms with van der Waals surface area (Å²) in [5.74, 6) is -1.46. The lowest BCUT2D eigenvalue weighted by Gasteiger charge is -2.12. The summed E-state index contributed by atoms with van der Waals surface area (Å²) in [5, 5.41) is 4.22. The van der Waals surface area contributed by atoms with Gasteiger partial charge in [0.1, 0.15) is 0 Å². The summed E-state index contributed by atoms with van der Waals surface area (Å²) in [6.45, 7) is -0.580. The summed E-state index contributed by atoms with van der Waals surface area (Å²) >= 11 is 0. The maximum Gasteiger partial charge on any atom is 0.338 e. The van der Waals surface area contributed by atoms with Gasteiger partial charge in [-0.1, -0.05) is 66.7 Å². The van der Waals surface area contributed by atoms with E-state index < -0.39 is 28.5 Å². The van der Waals surface area contributed by atoms with Gasteiger partial charge in [0.25, 0.3) is 5.91 Å². The molecular weight excluding hydrogens is 442 g/mol. The number of hydrazone groups is 1. The molecule has 0 fully saturated rings. The predicted molar refractivity (Wildman–Crippen MR) is 124 cm³/mol. The number of amides is 1. The Morgan fingerprint density at radius 2 is 1.39 bits per heavy atom. The molecule has 3 rings (SSSR count). The fourth-order valence-electron chi connectivity index (χ4n) is 2.85. The SMILES string of the molecule is CN(C)S(=O)(=O)c1cccc(C(=O)OCC(=O)NN=C(c2ccccc2)c2ccccc2)c1. The van der Waals surface area contributed by atoms with E-state index in [1.807, 2.05) is 60.7 Å². The van der Waals surface area contributed by atoms with Gasteiger partial charge in [-0.15, -0.1) is 0 Å². The highest BCUT2D eigenvalue weighted by molar-refractivity contribution is 7.89. The largest absolute Gasteiger partial charge is 0.452 e. The van der Waals surface area contributed by atoms with Crippen LogP contribution < -0.4 is 5.43 Å². The molecule has 1 amide bonds. The van der Waals surface area contributed by atoms with Crippen molar-refractivity contribution < 1.29 is 22.7 Å². The monoisotopic (exact) mass is 465 g/mol. The van der Waals surface area contributed by atoms with Crippen molar-refractivity contribution in [3.05, 3.63) is 102 Å². The standard InChI is InChI=1S/C24H23N3O5S/c1-27(2)33(30,31)21-15-9-14-20(16-21)24(29)32-17-22(28)25-26-23(18-10-5-3-6-11-18)19-12-7-4-8-13-19/h3-16H,17H2,1-2H3,(H,25,28). The highest BCUT2D eigenvalue weighted by Gasteiger charge is 2.19. The first kappa shape index (κ1) is 23.8. The van der Waals surface area contributed by atoms with Gasteiger partial charge in [0.05, 0.1) is 16.2 Å². The van der Waals surface area contributed by atoms with Crippen molar-refractivity contribution in [3.8, 4) is 0 Å². The minimum atomic E-state index is -3.71. The highest BCUT2D eigenvalue weighted by Crippen LogP contribution is 2.15. The van der Waals surface area contributed by atoms with Gasteiger partial charge in [0.2, 0.25) is 10.0 Å². The minimum absolute atomic E-state index is 0.0171. The lowest BCUT2D eigenvalue weighted by atomic mass is 10.0. The fourth-order valence-corrected chi connectivity index (χ4v) is 3.80. The van der Waals surface area contributed by atoms with Crippen molar-refractivity contribution >= 4 is 27.6 Å². The maximum atomic E-state index is 12.3. The quantitative estimate of drug-likeness (QED) is 0.313. The zero-order valence-corrected chi connectivity index (χ0v) is 19.0. The lowest BCUT2D eigenvalue weighted by Crippen LogP contribution is -2.26. The number of ether oxygens (including phenoxy) is 1. The Bertz CT molecular complexity index is 1220. The van der Waals surface area contributed by atoms with E-state index in [0.717, 1.165) is 15.4 Å². The van der Waals surface area contributed by atoms with Crippen molar-refractivity contribution in [2.75, 3.05) is 20.7 Å². The summed E-state index contributed by atoms with van der Waals surface area (Å²) in [5.41, 5.74) is 4.59. The number of carbonyl (C=O) groups excluding carboxylic acids is 2. The summed E-state index contributed by atoms with van der Waals surface area (Å²) in [6.07, 6.45) is 0. The van der Waals surface area contributed by atoms with Gasteiger partial charge in [0, 0.05) is 25.2 Å². The second-order valence-electron chi connectivity index (χ2n) is 7.12. The van der Waals surface area contributed by atoms with Gasteiger partial charge in [0.15, 0.2) is 6.61 Å². The molecule has 0 atom stereocenters. The van der Waals surface area contributed by atoms with Crippen LogP contribution in [-0.2, 0) is 19.6 Å². The molecule has 0 aliphatic carbocycles. The molecule has 170 valence electrons. The number of nitrogens with zero attached hydrogens (tertiary/aromatic N) is 2. The number of carbonyl (C=O) groups is 2. The van der Waals surface area contributed by atoms with Crippen LogP contribution in [0.25, 0.3) is 0 Å². The molecule has 33 heavy (non-hydrogen) atoms. The molecule has 0 spiro atoms. The van der Waals surface area contributed by atoms with E-state index in [9.17, 15) is 18.0 Å². The molecule has 0 unspecified atom stereocenters. The van der Waals surface area contributed by atoms with Gasteiger partial charge >= 0.3 is 5.97 Å². The van der Waals surface area contributed by atoms with Gasteiger partial charge < -0.3 is 4.74 Å². The maximum absolute atomic E-state index is 12.3. The van der Waals surface area contributed by atoms with Crippen LogP contribution in [0.2, 0.25) is 0 Å². The third kappa shape index (κ3) is 6.12. The van der Waals surface area contributed by atoms with Gasteiger partial charge in [-0.2, -0.15) is 5.10 Å². The zero-order chi connectivity index (χ0) is 23.8. The minimum Gasteiger partial charge on any atom is -0.452 e. The van der Waals surface area contributed by atoms with Crippen molar-refractivity contribution in [1.82, 2.24) is 9.73 Å². The average Bonchev–Trinajstić information content (AvgIpc) is 2.84. The van der Waals surface area contributed by atoms with Gasteiger partial charge in [-0.25, -0.2) is 22.9 Å². The Labute approximate surface area is 192 Å². The normalized spacial score (nSPS) is 11.0. The highest BCUT2D eigenvalue weighted by atomic mass is 32.2. The molecule has 3 aromatic carbocycles. The van der Waals surface area contributed by atoms with Crippen LogP contribution in [0.3, 0.4) is 0 Å². The van der Waals surface area contributed by atoms with Crippen molar-refractivity contribution in [2.45, 2.75) is 4.90 Å². The second-order valence-corrected chi connectivity index (χ2v) is 9.27. The van der Waals surface area contributed by atoms with E-state index in [4.69, 9.17) is 4.74 Å². The Kier molecular flexibility index (Phi) is 7.70. The third-order valence-electron chi connectivity index (χ3n) is 4.57. The van der Waals surface area contributed by atoms with Crippen molar-refractivity contribution in [3.63, 3.8) is 0 Å². The molecule has 9 heteroatoms. The number of nitrogens with one attached hydrogen (secondary N) is 1. The molecule has 3 aromatic rings. The van der Waals surface area contributed by atoms with E-state index in [1.54, 1.807) is 0 Å². The molecule has 0 saturated heterocycles. The topological polar surface area (TPSA) is 105 Å². The molecular formula is C24H23N3O5S.